The fourth-order valence-electron chi connectivity index (χ4n) is 2.50. The molecule has 1 fully saturated rings. The summed E-state index contributed by atoms with van der Waals surface area (Å²) < 4.78 is 31.7. The molecule has 0 radical (unpaired) electrons. The standard InChI is InChI=1S/C17H16Cl2N2O4S/c18-13-3-6-16(15(19)11-13)20-17(22)12-1-4-14(5-2-12)26(23,24)21-7-9-25-10-8-21/h1-6,11H,7-10H2,(H,20,22). The summed E-state index contributed by atoms with van der Waals surface area (Å²) in [5.74, 6) is -0.399. The van der Waals surface area contributed by atoms with Gasteiger partial charge in [-0.2, -0.15) is 4.31 Å². The van der Waals surface area contributed by atoms with Crippen molar-refractivity contribution in [3.8, 4) is 0 Å². The van der Waals surface area contributed by atoms with Crippen molar-refractivity contribution >= 4 is 44.8 Å². The van der Waals surface area contributed by atoms with Crippen LogP contribution in [0.15, 0.2) is 47.4 Å². The Balaban J connectivity index is 1.75. The van der Waals surface area contributed by atoms with Gasteiger partial charge in [-0.3, -0.25) is 4.79 Å². The molecule has 1 amide bonds. The molecule has 3 rings (SSSR count). The molecule has 0 unspecified atom stereocenters. The van der Waals surface area contributed by atoms with Crippen LogP contribution >= 0.6 is 23.2 Å². The molecule has 1 heterocycles. The maximum atomic E-state index is 12.6. The Bertz CT molecular complexity index is 911. The van der Waals surface area contributed by atoms with E-state index in [2.05, 4.69) is 5.32 Å². The first kappa shape index (κ1) is 19.1. The molecule has 0 aliphatic carbocycles. The van der Waals surface area contributed by atoms with Gasteiger partial charge in [0, 0.05) is 23.7 Å². The first-order valence-corrected chi connectivity index (χ1v) is 10.0. The summed E-state index contributed by atoms with van der Waals surface area (Å²) in [6.07, 6.45) is 0. The highest BCUT2D eigenvalue weighted by atomic mass is 35.5. The lowest BCUT2D eigenvalue weighted by Crippen LogP contribution is -2.40. The molecule has 138 valence electrons. The Morgan fingerprint density at radius 3 is 2.31 bits per heavy atom. The largest absolute Gasteiger partial charge is 0.379 e. The number of benzene rings is 2. The van der Waals surface area contributed by atoms with E-state index in [1.54, 1.807) is 12.1 Å². The summed E-state index contributed by atoms with van der Waals surface area (Å²) in [7, 11) is -3.59. The number of hydrogen-bond donors (Lipinski definition) is 1. The summed E-state index contributed by atoms with van der Waals surface area (Å²) >= 11 is 11.9. The van der Waals surface area contributed by atoms with E-state index in [9.17, 15) is 13.2 Å². The molecule has 0 bridgehead atoms. The third-order valence-corrected chi connectivity index (χ3v) is 6.36. The van der Waals surface area contributed by atoms with E-state index in [1.807, 2.05) is 0 Å². The lowest BCUT2D eigenvalue weighted by atomic mass is 10.2. The topological polar surface area (TPSA) is 75.7 Å². The average Bonchev–Trinajstić information content (AvgIpc) is 2.65. The number of morpholine rings is 1. The van der Waals surface area contributed by atoms with E-state index < -0.39 is 15.9 Å². The Kier molecular flexibility index (Phi) is 5.84. The molecule has 0 atom stereocenters. The molecule has 1 aliphatic rings. The molecule has 1 N–H and O–H groups in total. The number of ether oxygens (including phenoxy) is 1. The first-order valence-electron chi connectivity index (χ1n) is 7.82. The predicted octanol–water partition coefficient (Wildman–Crippen LogP) is 3.27. The second-order valence-electron chi connectivity index (χ2n) is 5.62. The van der Waals surface area contributed by atoms with Gasteiger partial charge in [-0.1, -0.05) is 23.2 Å². The number of sulfonamides is 1. The molecule has 0 spiro atoms. The minimum Gasteiger partial charge on any atom is -0.379 e. The zero-order valence-electron chi connectivity index (χ0n) is 13.6. The monoisotopic (exact) mass is 414 g/mol. The highest BCUT2D eigenvalue weighted by molar-refractivity contribution is 7.89. The Labute approximate surface area is 161 Å². The van der Waals surface area contributed by atoms with E-state index >= 15 is 0 Å². The molecule has 1 aliphatic heterocycles. The van der Waals surface area contributed by atoms with Crippen molar-refractivity contribution in [3.63, 3.8) is 0 Å². The van der Waals surface area contributed by atoms with E-state index in [-0.39, 0.29) is 4.90 Å². The van der Waals surface area contributed by atoms with Crippen LogP contribution in [0.2, 0.25) is 10.0 Å². The van der Waals surface area contributed by atoms with Gasteiger partial charge in [-0.25, -0.2) is 8.42 Å². The van der Waals surface area contributed by atoms with Crippen LogP contribution in [0.5, 0.6) is 0 Å². The minimum atomic E-state index is -3.59. The zero-order valence-corrected chi connectivity index (χ0v) is 15.9. The molecular formula is C17H16Cl2N2O4S. The number of nitrogens with one attached hydrogen (secondary N) is 1. The van der Waals surface area contributed by atoms with Crippen LogP contribution in [0.3, 0.4) is 0 Å². The lowest BCUT2D eigenvalue weighted by Gasteiger charge is -2.26. The van der Waals surface area contributed by atoms with Crippen molar-refractivity contribution in [1.29, 1.82) is 0 Å². The highest BCUT2D eigenvalue weighted by Crippen LogP contribution is 2.26. The maximum absolute atomic E-state index is 12.6. The summed E-state index contributed by atoms with van der Waals surface area (Å²) in [4.78, 5) is 12.5. The lowest BCUT2D eigenvalue weighted by molar-refractivity contribution is 0.0730. The molecule has 2 aromatic carbocycles. The SMILES string of the molecule is O=C(Nc1ccc(Cl)cc1Cl)c1ccc(S(=O)(=O)N2CCOCC2)cc1. The Hall–Kier alpha value is -1.64. The van der Waals surface area contributed by atoms with Gasteiger partial charge in [0.2, 0.25) is 10.0 Å². The summed E-state index contributed by atoms with van der Waals surface area (Å²) in [5.41, 5.74) is 0.739. The van der Waals surface area contributed by atoms with E-state index in [0.717, 1.165) is 0 Å². The second kappa shape index (κ2) is 7.94. The van der Waals surface area contributed by atoms with Gasteiger partial charge in [0.1, 0.15) is 0 Å². The fourth-order valence-corrected chi connectivity index (χ4v) is 4.36. The summed E-state index contributed by atoms with van der Waals surface area (Å²) in [5, 5.41) is 3.45. The van der Waals surface area contributed by atoms with Gasteiger partial charge < -0.3 is 10.1 Å². The molecule has 9 heteroatoms. The maximum Gasteiger partial charge on any atom is 0.255 e. The van der Waals surface area contributed by atoms with E-state index in [0.29, 0.717) is 47.6 Å². The van der Waals surface area contributed by atoms with E-state index in [1.165, 1.54) is 34.6 Å². The number of anilines is 1. The van der Waals surface area contributed by atoms with Crippen LogP contribution in [0.1, 0.15) is 10.4 Å². The Morgan fingerprint density at radius 2 is 1.69 bits per heavy atom. The van der Waals surface area contributed by atoms with Crippen LogP contribution in [-0.4, -0.2) is 44.9 Å². The summed E-state index contributed by atoms with van der Waals surface area (Å²) in [6, 6.07) is 10.5. The predicted molar refractivity (Wildman–Crippen MR) is 100 cm³/mol. The van der Waals surface area contributed by atoms with Crippen molar-refractivity contribution in [2.75, 3.05) is 31.6 Å². The normalized spacial score (nSPS) is 15.6. The second-order valence-corrected chi connectivity index (χ2v) is 8.40. The fraction of sp³-hybridized carbons (Fsp3) is 0.235. The average molecular weight is 415 g/mol. The summed E-state index contributed by atoms with van der Waals surface area (Å²) in [6.45, 7) is 1.39. The van der Waals surface area contributed by atoms with Crippen LogP contribution < -0.4 is 5.32 Å². The number of carbonyl (C=O) groups excluding carboxylic acids is 1. The third-order valence-electron chi connectivity index (χ3n) is 3.90. The van der Waals surface area contributed by atoms with Gasteiger partial charge in [0.15, 0.2) is 0 Å². The van der Waals surface area contributed by atoms with Gasteiger partial charge in [0.05, 0.1) is 28.8 Å². The third kappa shape index (κ3) is 4.19. The van der Waals surface area contributed by atoms with Crippen molar-refractivity contribution in [2.45, 2.75) is 4.90 Å². The molecule has 0 aromatic heterocycles. The van der Waals surface area contributed by atoms with Crippen LogP contribution in [0.25, 0.3) is 0 Å². The quantitative estimate of drug-likeness (QED) is 0.832. The number of carbonyl (C=O) groups is 1. The smallest absolute Gasteiger partial charge is 0.255 e. The van der Waals surface area contributed by atoms with Crippen molar-refractivity contribution in [2.24, 2.45) is 0 Å². The number of halogens is 2. The molecule has 0 saturated carbocycles. The molecule has 6 nitrogen and oxygen atoms in total. The van der Waals surface area contributed by atoms with E-state index in [4.69, 9.17) is 27.9 Å². The van der Waals surface area contributed by atoms with Gasteiger partial charge in [-0.15, -0.1) is 0 Å². The number of nitrogens with zero attached hydrogens (tertiary/aromatic N) is 1. The first-order chi connectivity index (χ1) is 12.4. The minimum absolute atomic E-state index is 0.139. The van der Waals surface area contributed by atoms with Gasteiger partial charge in [0.25, 0.3) is 5.91 Å². The van der Waals surface area contributed by atoms with Crippen molar-refractivity contribution < 1.29 is 17.9 Å². The number of hydrogen-bond acceptors (Lipinski definition) is 4. The number of amides is 1. The molecule has 1 saturated heterocycles. The zero-order chi connectivity index (χ0) is 18.7. The number of rotatable bonds is 4. The molecular weight excluding hydrogens is 399 g/mol. The molecule has 2 aromatic rings. The van der Waals surface area contributed by atoms with Gasteiger partial charge in [-0.05, 0) is 42.5 Å². The van der Waals surface area contributed by atoms with Crippen molar-refractivity contribution in [3.05, 3.63) is 58.1 Å². The van der Waals surface area contributed by atoms with Crippen LogP contribution in [0.4, 0.5) is 5.69 Å². The van der Waals surface area contributed by atoms with Crippen molar-refractivity contribution in [1.82, 2.24) is 4.31 Å². The highest BCUT2D eigenvalue weighted by Gasteiger charge is 2.26. The van der Waals surface area contributed by atoms with Crippen LogP contribution in [-0.2, 0) is 14.8 Å². The Morgan fingerprint density at radius 1 is 1.04 bits per heavy atom. The molecule has 26 heavy (non-hydrogen) atoms. The van der Waals surface area contributed by atoms with Gasteiger partial charge >= 0.3 is 0 Å². The van der Waals surface area contributed by atoms with Crippen LogP contribution in [0, 0.1) is 0 Å².